The van der Waals surface area contributed by atoms with Crippen molar-refractivity contribution in [3.05, 3.63) is 87.7 Å². The predicted octanol–water partition coefficient (Wildman–Crippen LogP) is 5.63. The predicted molar refractivity (Wildman–Crippen MR) is 124 cm³/mol. The van der Waals surface area contributed by atoms with Crippen molar-refractivity contribution < 1.29 is 14.7 Å². The summed E-state index contributed by atoms with van der Waals surface area (Å²) in [4.78, 5) is 33.4. The van der Waals surface area contributed by atoms with Crippen molar-refractivity contribution >= 4 is 44.4 Å². The number of carboxylic acids is 1. The molecule has 31 heavy (non-hydrogen) atoms. The number of anilines is 1. The minimum Gasteiger partial charge on any atom is -0.477 e. The van der Waals surface area contributed by atoms with E-state index >= 15 is 0 Å². The molecule has 2 aromatic carbocycles. The van der Waals surface area contributed by atoms with Crippen LogP contribution in [0.15, 0.2) is 65.1 Å². The summed E-state index contributed by atoms with van der Waals surface area (Å²) in [6.07, 6.45) is 0. The second kappa shape index (κ2) is 8.28. The number of nitrogens with zero attached hydrogens (tertiary/aromatic N) is 2. The third-order valence-corrected chi connectivity index (χ3v) is 5.51. The van der Waals surface area contributed by atoms with E-state index in [2.05, 4.69) is 26.2 Å². The normalized spacial score (nSPS) is 10.8. The smallest absolute Gasteiger partial charge is 0.354 e. The van der Waals surface area contributed by atoms with Crippen LogP contribution < -0.4 is 5.32 Å². The number of hydrogen-bond acceptors (Lipinski definition) is 4. The number of rotatable bonds is 4. The SMILES string of the molecule is Cc1nc(C(=O)O)ccc1NC(=O)c1c(C)c(-c2ccccc2)nc2ccc(Br)cc12. The average molecular weight is 476 g/mol. The third kappa shape index (κ3) is 4.04. The van der Waals surface area contributed by atoms with Crippen LogP contribution in [0.4, 0.5) is 5.69 Å². The number of fused-ring (bicyclic) bond motifs is 1. The minimum absolute atomic E-state index is 0.0728. The van der Waals surface area contributed by atoms with E-state index in [0.717, 1.165) is 26.7 Å². The molecule has 0 unspecified atom stereocenters. The van der Waals surface area contributed by atoms with Crippen LogP contribution in [0.2, 0.25) is 0 Å². The number of pyridine rings is 2. The van der Waals surface area contributed by atoms with Gasteiger partial charge in [-0.25, -0.2) is 14.8 Å². The number of amides is 1. The fourth-order valence-corrected chi connectivity index (χ4v) is 3.86. The first-order valence-electron chi connectivity index (χ1n) is 9.52. The van der Waals surface area contributed by atoms with E-state index in [1.54, 1.807) is 13.0 Å². The molecular weight excluding hydrogens is 458 g/mol. The number of carbonyl (C=O) groups is 2. The monoisotopic (exact) mass is 475 g/mol. The lowest BCUT2D eigenvalue weighted by Crippen LogP contribution is -2.17. The van der Waals surface area contributed by atoms with Gasteiger partial charge in [-0.1, -0.05) is 46.3 Å². The maximum atomic E-state index is 13.4. The molecule has 1 amide bonds. The van der Waals surface area contributed by atoms with Crippen molar-refractivity contribution in [2.75, 3.05) is 5.32 Å². The summed E-state index contributed by atoms with van der Waals surface area (Å²) in [5, 5.41) is 12.7. The van der Waals surface area contributed by atoms with Gasteiger partial charge in [-0.2, -0.15) is 0 Å². The van der Waals surface area contributed by atoms with E-state index in [9.17, 15) is 9.59 Å². The number of aromatic carboxylic acids is 1. The van der Waals surface area contributed by atoms with E-state index < -0.39 is 5.97 Å². The molecule has 2 aromatic heterocycles. The molecule has 2 N–H and O–H groups in total. The van der Waals surface area contributed by atoms with Gasteiger partial charge in [-0.15, -0.1) is 0 Å². The van der Waals surface area contributed by atoms with Crippen LogP contribution in [-0.2, 0) is 0 Å². The van der Waals surface area contributed by atoms with Gasteiger partial charge in [0.25, 0.3) is 5.91 Å². The fraction of sp³-hybridized carbons (Fsp3) is 0.0833. The van der Waals surface area contributed by atoms with E-state index in [0.29, 0.717) is 22.5 Å². The number of nitrogens with one attached hydrogen (secondary N) is 1. The third-order valence-electron chi connectivity index (χ3n) is 5.02. The Kier molecular flexibility index (Phi) is 5.52. The first-order chi connectivity index (χ1) is 14.8. The van der Waals surface area contributed by atoms with Crippen molar-refractivity contribution in [2.24, 2.45) is 0 Å². The zero-order chi connectivity index (χ0) is 22.1. The Hall–Kier alpha value is -3.58. The zero-order valence-electron chi connectivity index (χ0n) is 16.8. The Bertz CT molecular complexity index is 1340. The van der Waals surface area contributed by atoms with Crippen LogP contribution in [0.25, 0.3) is 22.2 Å². The summed E-state index contributed by atoms with van der Waals surface area (Å²) in [5.74, 6) is -1.43. The molecule has 0 fully saturated rings. The quantitative estimate of drug-likeness (QED) is 0.399. The number of carbonyl (C=O) groups excluding carboxylic acids is 1. The molecule has 0 saturated carbocycles. The average Bonchev–Trinajstić information content (AvgIpc) is 2.75. The summed E-state index contributed by atoms with van der Waals surface area (Å²) < 4.78 is 0.839. The maximum Gasteiger partial charge on any atom is 0.354 e. The molecule has 0 bridgehead atoms. The molecule has 0 aliphatic carbocycles. The Morgan fingerprint density at radius 2 is 1.71 bits per heavy atom. The van der Waals surface area contributed by atoms with Crippen molar-refractivity contribution in [3.63, 3.8) is 0 Å². The van der Waals surface area contributed by atoms with Crippen LogP contribution in [0.5, 0.6) is 0 Å². The number of hydrogen-bond donors (Lipinski definition) is 2. The Balaban J connectivity index is 1.85. The highest BCUT2D eigenvalue weighted by atomic mass is 79.9. The van der Waals surface area contributed by atoms with Crippen molar-refractivity contribution in [1.82, 2.24) is 9.97 Å². The summed E-state index contributed by atoms with van der Waals surface area (Å²) in [7, 11) is 0. The number of aromatic nitrogens is 2. The zero-order valence-corrected chi connectivity index (χ0v) is 18.4. The van der Waals surface area contributed by atoms with Crippen LogP contribution in [0, 0.1) is 13.8 Å². The largest absolute Gasteiger partial charge is 0.477 e. The van der Waals surface area contributed by atoms with Gasteiger partial charge in [-0.05, 0) is 49.7 Å². The lowest BCUT2D eigenvalue weighted by Gasteiger charge is -2.16. The molecule has 0 radical (unpaired) electrons. The van der Waals surface area contributed by atoms with Gasteiger partial charge in [-0.3, -0.25) is 4.79 Å². The molecule has 4 rings (SSSR count). The number of benzene rings is 2. The highest BCUT2D eigenvalue weighted by Gasteiger charge is 2.20. The number of carboxylic acid groups (broad SMARTS) is 1. The molecular formula is C24H18BrN3O3. The van der Waals surface area contributed by atoms with E-state index in [1.165, 1.54) is 6.07 Å². The minimum atomic E-state index is -1.12. The van der Waals surface area contributed by atoms with E-state index in [4.69, 9.17) is 10.1 Å². The lowest BCUT2D eigenvalue weighted by atomic mass is 9.97. The van der Waals surface area contributed by atoms with Crippen molar-refractivity contribution in [1.29, 1.82) is 0 Å². The summed E-state index contributed by atoms with van der Waals surface area (Å²) in [6.45, 7) is 3.54. The molecule has 4 aromatic rings. The van der Waals surface area contributed by atoms with Gasteiger partial charge in [0.1, 0.15) is 5.69 Å². The Morgan fingerprint density at radius 1 is 0.968 bits per heavy atom. The molecule has 6 nitrogen and oxygen atoms in total. The summed E-state index contributed by atoms with van der Waals surface area (Å²) >= 11 is 3.48. The fourth-order valence-electron chi connectivity index (χ4n) is 3.50. The Morgan fingerprint density at radius 3 is 2.39 bits per heavy atom. The molecule has 7 heteroatoms. The standard InChI is InChI=1S/C24H18BrN3O3/c1-13-21(23(29)28-18-10-11-20(24(30)31)26-14(18)2)17-12-16(25)8-9-19(17)27-22(13)15-6-4-3-5-7-15/h3-12H,1-2H3,(H,28,29)(H,30,31). The molecule has 0 atom stereocenters. The first kappa shape index (κ1) is 20.7. The van der Waals surface area contributed by atoms with Crippen LogP contribution in [0.3, 0.4) is 0 Å². The molecule has 0 spiro atoms. The maximum absolute atomic E-state index is 13.4. The van der Waals surface area contributed by atoms with Gasteiger partial charge in [0.2, 0.25) is 0 Å². The van der Waals surface area contributed by atoms with Gasteiger partial charge < -0.3 is 10.4 Å². The van der Waals surface area contributed by atoms with E-state index in [-0.39, 0.29) is 11.6 Å². The van der Waals surface area contributed by atoms with Crippen molar-refractivity contribution in [2.45, 2.75) is 13.8 Å². The van der Waals surface area contributed by atoms with Crippen LogP contribution in [0.1, 0.15) is 32.1 Å². The van der Waals surface area contributed by atoms with Crippen LogP contribution >= 0.6 is 15.9 Å². The van der Waals surface area contributed by atoms with Crippen molar-refractivity contribution in [3.8, 4) is 11.3 Å². The molecule has 0 aliphatic heterocycles. The first-order valence-corrected chi connectivity index (χ1v) is 10.3. The highest BCUT2D eigenvalue weighted by molar-refractivity contribution is 9.10. The van der Waals surface area contributed by atoms with Gasteiger partial charge >= 0.3 is 5.97 Å². The number of halogens is 1. The Labute approximate surface area is 187 Å². The topological polar surface area (TPSA) is 92.2 Å². The van der Waals surface area contributed by atoms with Gasteiger partial charge in [0.15, 0.2) is 0 Å². The molecule has 0 aliphatic rings. The highest BCUT2D eigenvalue weighted by Crippen LogP contribution is 2.32. The van der Waals surface area contributed by atoms with Gasteiger partial charge in [0.05, 0.1) is 28.2 Å². The molecule has 2 heterocycles. The van der Waals surface area contributed by atoms with Gasteiger partial charge in [0, 0.05) is 15.4 Å². The molecule has 0 saturated heterocycles. The summed E-state index contributed by atoms with van der Waals surface area (Å²) in [6, 6.07) is 18.3. The van der Waals surface area contributed by atoms with E-state index in [1.807, 2.05) is 55.5 Å². The second-order valence-electron chi connectivity index (χ2n) is 7.08. The molecule has 154 valence electrons. The van der Waals surface area contributed by atoms with Crippen LogP contribution in [-0.4, -0.2) is 27.0 Å². The number of aryl methyl sites for hydroxylation is 1. The summed E-state index contributed by atoms with van der Waals surface area (Å²) in [5.41, 5.74) is 4.42. The lowest BCUT2D eigenvalue weighted by molar-refractivity contribution is 0.0690. The second-order valence-corrected chi connectivity index (χ2v) is 7.99.